The van der Waals surface area contributed by atoms with Gasteiger partial charge in [0.1, 0.15) is 0 Å². The van der Waals surface area contributed by atoms with E-state index in [-0.39, 0.29) is 9.52 Å². The largest absolute Gasteiger partial charge is 0.308 e. The fraction of sp³-hybridized carbons (Fsp3) is 0.400. The molecule has 0 aliphatic rings. The summed E-state index contributed by atoms with van der Waals surface area (Å²) < 4.78 is 0. The standard InChI is InChI=1S/C10H18N2Si/c1-2-11-8-12-9-13-10-6-4-3-5-7-10/h3-7,11-12H,2,8-9,13H2,1H3. The maximum Gasteiger partial charge on any atom is 0.0701 e. The number of hydrogen-bond acceptors (Lipinski definition) is 2. The van der Waals surface area contributed by atoms with Crippen molar-refractivity contribution in [2.45, 2.75) is 6.92 Å². The van der Waals surface area contributed by atoms with Crippen LogP contribution in [0.1, 0.15) is 6.92 Å². The minimum Gasteiger partial charge on any atom is -0.308 e. The first kappa shape index (κ1) is 10.4. The molecule has 0 radical (unpaired) electrons. The highest BCUT2D eigenvalue weighted by Crippen LogP contribution is 1.79. The predicted molar refractivity (Wildman–Crippen MR) is 61.2 cm³/mol. The molecule has 0 unspecified atom stereocenters. The van der Waals surface area contributed by atoms with Gasteiger partial charge in [0.25, 0.3) is 0 Å². The van der Waals surface area contributed by atoms with Crippen molar-refractivity contribution in [3.63, 3.8) is 0 Å². The molecule has 13 heavy (non-hydrogen) atoms. The van der Waals surface area contributed by atoms with E-state index in [2.05, 4.69) is 47.9 Å². The molecule has 0 amide bonds. The van der Waals surface area contributed by atoms with Crippen LogP contribution in [0.4, 0.5) is 0 Å². The molecule has 0 atom stereocenters. The molecule has 1 aromatic carbocycles. The Morgan fingerprint density at radius 2 is 1.92 bits per heavy atom. The van der Waals surface area contributed by atoms with Crippen LogP contribution in [0.15, 0.2) is 30.3 Å². The highest BCUT2D eigenvalue weighted by atomic mass is 28.2. The summed E-state index contributed by atoms with van der Waals surface area (Å²) in [7, 11) is -0.0905. The van der Waals surface area contributed by atoms with Gasteiger partial charge < -0.3 is 10.6 Å². The van der Waals surface area contributed by atoms with E-state index in [0.717, 1.165) is 13.2 Å². The third-order valence-corrected chi connectivity index (χ3v) is 3.59. The molecule has 2 N–H and O–H groups in total. The van der Waals surface area contributed by atoms with Gasteiger partial charge in [0, 0.05) is 6.67 Å². The average Bonchev–Trinajstić information content (AvgIpc) is 2.19. The molecule has 0 aromatic heterocycles. The Morgan fingerprint density at radius 1 is 1.15 bits per heavy atom. The van der Waals surface area contributed by atoms with Crippen LogP contribution >= 0.6 is 0 Å². The van der Waals surface area contributed by atoms with Crippen molar-refractivity contribution >= 4 is 14.7 Å². The highest BCUT2D eigenvalue weighted by molar-refractivity contribution is 6.53. The number of benzene rings is 1. The van der Waals surface area contributed by atoms with Crippen LogP contribution in [0.2, 0.25) is 0 Å². The second kappa shape index (κ2) is 6.83. The molecule has 0 fully saturated rings. The van der Waals surface area contributed by atoms with Crippen molar-refractivity contribution < 1.29 is 0 Å². The molecule has 1 aromatic rings. The summed E-state index contributed by atoms with van der Waals surface area (Å²) in [5, 5.41) is 8.16. The predicted octanol–water partition coefficient (Wildman–Crippen LogP) is -0.405. The molecule has 0 saturated heterocycles. The van der Waals surface area contributed by atoms with E-state index in [1.807, 2.05) is 0 Å². The first-order valence-electron chi connectivity index (χ1n) is 4.89. The zero-order valence-electron chi connectivity index (χ0n) is 8.22. The maximum atomic E-state index is 3.39. The van der Waals surface area contributed by atoms with Gasteiger partial charge in [-0.25, -0.2) is 0 Å². The monoisotopic (exact) mass is 194 g/mol. The molecule has 3 heteroatoms. The molecule has 0 heterocycles. The Kier molecular flexibility index (Phi) is 5.48. The molecule has 0 aliphatic heterocycles. The lowest BCUT2D eigenvalue weighted by Crippen LogP contribution is -2.34. The summed E-state index contributed by atoms with van der Waals surface area (Å²) in [5.41, 5.74) is 0. The maximum absolute atomic E-state index is 3.39. The first-order valence-corrected chi connectivity index (χ1v) is 6.59. The van der Waals surface area contributed by atoms with Gasteiger partial charge >= 0.3 is 0 Å². The zero-order valence-corrected chi connectivity index (χ0v) is 9.63. The van der Waals surface area contributed by atoms with Gasteiger partial charge in [-0.2, -0.15) is 0 Å². The van der Waals surface area contributed by atoms with Crippen LogP contribution in [0.25, 0.3) is 0 Å². The van der Waals surface area contributed by atoms with E-state index in [0.29, 0.717) is 0 Å². The van der Waals surface area contributed by atoms with Crippen LogP contribution in [-0.4, -0.2) is 28.9 Å². The second-order valence-corrected chi connectivity index (χ2v) is 4.83. The Hall–Kier alpha value is -0.643. The third-order valence-electron chi connectivity index (χ3n) is 1.93. The Morgan fingerprint density at radius 3 is 2.62 bits per heavy atom. The van der Waals surface area contributed by atoms with Crippen molar-refractivity contribution in [3.8, 4) is 0 Å². The summed E-state index contributed by atoms with van der Waals surface area (Å²) >= 11 is 0. The average molecular weight is 194 g/mol. The van der Waals surface area contributed by atoms with Crippen molar-refractivity contribution in [1.29, 1.82) is 0 Å². The van der Waals surface area contributed by atoms with Crippen molar-refractivity contribution in [1.82, 2.24) is 10.6 Å². The Labute approximate surface area is 82.6 Å². The Bertz CT molecular complexity index is 213. The van der Waals surface area contributed by atoms with Crippen LogP contribution in [0, 0.1) is 0 Å². The van der Waals surface area contributed by atoms with Gasteiger partial charge in [-0.3, -0.25) is 0 Å². The molecule has 2 nitrogen and oxygen atoms in total. The van der Waals surface area contributed by atoms with Gasteiger partial charge in [-0.1, -0.05) is 42.4 Å². The number of nitrogens with one attached hydrogen (secondary N) is 2. The van der Waals surface area contributed by atoms with Gasteiger partial charge in [0.2, 0.25) is 0 Å². The topological polar surface area (TPSA) is 24.1 Å². The van der Waals surface area contributed by atoms with E-state index < -0.39 is 0 Å². The lowest BCUT2D eigenvalue weighted by atomic mass is 10.4. The molecule has 0 spiro atoms. The summed E-state index contributed by atoms with van der Waals surface area (Å²) in [4.78, 5) is 0. The summed E-state index contributed by atoms with van der Waals surface area (Å²) in [5.74, 6) is 0. The third kappa shape index (κ3) is 4.82. The van der Waals surface area contributed by atoms with Crippen molar-refractivity contribution in [3.05, 3.63) is 30.3 Å². The summed E-state index contributed by atoms with van der Waals surface area (Å²) in [6, 6.07) is 10.8. The van der Waals surface area contributed by atoms with Crippen LogP contribution in [-0.2, 0) is 0 Å². The fourth-order valence-corrected chi connectivity index (χ4v) is 2.43. The summed E-state index contributed by atoms with van der Waals surface area (Å²) in [6.07, 6.45) is 1.18. The Balaban J connectivity index is 2.07. The molecular weight excluding hydrogens is 176 g/mol. The quantitative estimate of drug-likeness (QED) is 0.366. The molecule has 72 valence electrons. The van der Waals surface area contributed by atoms with Gasteiger partial charge in [-0.15, -0.1) is 0 Å². The van der Waals surface area contributed by atoms with Gasteiger partial charge in [-0.05, 0) is 12.7 Å². The lowest BCUT2D eigenvalue weighted by Gasteiger charge is -2.04. The van der Waals surface area contributed by atoms with Gasteiger partial charge in [0.05, 0.1) is 9.52 Å². The van der Waals surface area contributed by atoms with E-state index in [9.17, 15) is 0 Å². The minimum atomic E-state index is -0.0905. The molecule has 0 bridgehead atoms. The highest BCUT2D eigenvalue weighted by Gasteiger charge is 1.90. The molecule has 0 aliphatic carbocycles. The number of rotatable bonds is 6. The molecule has 0 saturated carbocycles. The van der Waals surface area contributed by atoms with Crippen LogP contribution in [0.5, 0.6) is 0 Å². The van der Waals surface area contributed by atoms with Gasteiger partial charge in [0.15, 0.2) is 0 Å². The van der Waals surface area contributed by atoms with Crippen molar-refractivity contribution in [2.75, 3.05) is 19.4 Å². The fourth-order valence-electron chi connectivity index (χ4n) is 1.18. The SMILES string of the molecule is CCNCNC[SiH2]c1ccccc1. The van der Waals surface area contributed by atoms with E-state index in [1.165, 1.54) is 11.4 Å². The second-order valence-electron chi connectivity index (χ2n) is 3.02. The van der Waals surface area contributed by atoms with Crippen LogP contribution < -0.4 is 15.8 Å². The molecular formula is C10H18N2Si. The normalized spacial score (nSPS) is 11.2. The molecule has 1 rings (SSSR count). The van der Waals surface area contributed by atoms with E-state index in [1.54, 1.807) is 0 Å². The first-order chi connectivity index (χ1) is 6.43. The van der Waals surface area contributed by atoms with E-state index >= 15 is 0 Å². The summed E-state index contributed by atoms with van der Waals surface area (Å²) in [6.45, 7) is 4.10. The smallest absolute Gasteiger partial charge is 0.0701 e. The van der Waals surface area contributed by atoms with E-state index in [4.69, 9.17) is 0 Å². The zero-order chi connectivity index (χ0) is 9.36. The van der Waals surface area contributed by atoms with Crippen LogP contribution in [0.3, 0.4) is 0 Å². The minimum absolute atomic E-state index is 0.0905. The lowest BCUT2D eigenvalue weighted by molar-refractivity contribution is 0.643. The van der Waals surface area contributed by atoms with Crippen molar-refractivity contribution in [2.24, 2.45) is 0 Å². The number of hydrogen-bond donors (Lipinski definition) is 2.